The third-order valence-corrected chi connectivity index (χ3v) is 2.90. The second-order valence-electron chi connectivity index (χ2n) is 4.66. The van der Waals surface area contributed by atoms with Gasteiger partial charge in [0.2, 0.25) is 5.88 Å². The number of hydrogen-bond donors (Lipinski definition) is 2. The maximum Gasteiger partial charge on any atom is 0.315 e. The zero-order valence-electron chi connectivity index (χ0n) is 12.1. The number of amides is 2. The number of rotatable bonds is 6. The highest BCUT2D eigenvalue weighted by Crippen LogP contribution is 2.12. The number of carbonyl (C=O) groups is 1. The van der Waals surface area contributed by atoms with Crippen molar-refractivity contribution in [1.29, 1.82) is 0 Å². The van der Waals surface area contributed by atoms with Gasteiger partial charge in [-0.2, -0.15) is 0 Å². The van der Waals surface area contributed by atoms with E-state index in [1.54, 1.807) is 31.9 Å². The smallest absolute Gasteiger partial charge is 0.315 e. The van der Waals surface area contributed by atoms with E-state index in [2.05, 4.69) is 20.6 Å². The molecule has 0 aliphatic carbocycles. The summed E-state index contributed by atoms with van der Waals surface area (Å²) in [5.41, 5.74) is 0.831. The van der Waals surface area contributed by atoms with Gasteiger partial charge in [-0.3, -0.25) is 0 Å². The lowest BCUT2D eigenvalue weighted by Gasteiger charge is -2.15. The Bertz CT molecular complexity index is 571. The van der Waals surface area contributed by atoms with Crippen molar-refractivity contribution in [2.24, 2.45) is 0 Å². The van der Waals surface area contributed by atoms with Crippen molar-refractivity contribution in [2.75, 3.05) is 7.11 Å². The van der Waals surface area contributed by atoms with Crippen LogP contribution in [0.25, 0.3) is 0 Å². The molecule has 0 bridgehead atoms. The number of ether oxygens (including phenoxy) is 1. The lowest BCUT2D eigenvalue weighted by molar-refractivity contribution is 0.236. The zero-order valence-corrected chi connectivity index (χ0v) is 12.1. The third-order valence-electron chi connectivity index (χ3n) is 2.90. The van der Waals surface area contributed by atoms with Gasteiger partial charge >= 0.3 is 6.03 Å². The van der Waals surface area contributed by atoms with E-state index in [0.29, 0.717) is 19.0 Å². The number of aromatic nitrogens is 3. The second kappa shape index (κ2) is 7.28. The predicted molar refractivity (Wildman–Crippen MR) is 77.8 cm³/mol. The van der Waals surface area contributed by atoms with Crippen LogP contribution < -0.4 is 15.4 Å². The van der Waals surface area contributed by atoms with Crippen molar-refractivity contribution in [3.05, 3.63) is 42.6 Å². The lowest BCUT2D eigenvalue weighted by Crippen LogP contribution is -2.42. The van der Waals surface area contributed by atoms with E-state index in [1.807, 2.05) is 23.8 Å². The zero-order chi connectivity index (χ0) is 15.1. The maximum absolute atomic E-state index is 11.8. The average molecular weight is 289 g/mol. The number of methoxy groups -OCH3 is 1. The SMILES string of the molecule is COc1ncccc1CNC(=O)N[C@@H](C)Cn1ccnc1. The Kier molecular flexibility index (Phi) is 5.14. The van der Waals surface area contributed by atoms with Crippen LogP contribution in [0.2, 0.25) is 0 Å². The molecule has 0 aliphatic rings. The molecule has 2 amide bonds. The Balaban J connectivity index is 1.79. The van der Waals surface area contributed by atoms with E-state index in [4.69, 9.17) is 4.74 Å². The normalized spacial score (nSPS) is 11.7. The first-order chi connectivity index (χ1) is 10.2. The summed E-state index contributed by atoms with van der Waals surface area (Å²) in [7, 11) is 1.55. The fraction of sp³-hybridized carbons (Fsp3) is 0.357. The Morgan fingerprint density at radius 1 is 1.48 bits per heavy atom. The van der Waals surface area contributed by atoms with Gasteiger partial charge in [0, 0.05) is 43.3 Å². The standard InChI is InChI=1S/C14H19N5O2/c1-11(9-19-7-6-15-10-19)18-14(20)17-8-12-4-3-5-16-13(12)21-2/h3-7,10-11H,8-9H2,1-2H3,(H2,17,18,20)/t11-/m0/s1. The molecule has 0 aliphatic heterocycles. The molecule has 2 aromatic heterocycles. The Morgan fingerprint density at radius 2 is 2.33 bits per heavy atom. The highest BCUT2D eigenvalue weighted by Gasteiger charge is 2.09. The van der Waals surface area contributed by atoms with Gasteiger partial charge in [-0.1, -0.05) is 6.07 Å². The Morgan fingerprint density at radius 3 is 3.05 bits per heavy atom. The van der Waals surface area contributed by atoms with Crippen molar-refractivity contribution in [2.45, 2.75) is 26.1 Å². The average Bonchev–Trinajstić information content (AvgIpc) is 2.98. The molecular formula is C14H19N5O2. The summed E-state index contributed by atoms with van der Waals surface area (Å²) < 4.78 is 7.05. The van der Waals surface area contributed by atoms with Crippen molar-refractivity contribution in [3.63, 3.8) is 0 Å². The number of nitrogens with one attached hydrogen (secondary N) is 2. The van der Waals surface area contributed by atoms with Crippen LogP contribution in [0.5, 0.6) is 5.88 Å². The predicted octanol–water partition coefficient (Wildman–Crippen LogP) is 1.17. The summed E-state index contributed by atoms with van der Waals surface area (Å²) in [5.74, 6) is 0.518. The molecule has 1 atom stereocenters. The molecule has 0 saturated carbocycles. The summed E-state index contributed by atoms with van der Waals surface area (Å²) in [5, 5.41) is 5.66. The largest absolute Gasteiger partial charge is 0.481 e. The number of pyridine rings is 1. The molecular weight excluding hydrogens is 270 g/mol. The van der Waals surface area contributed by atoms with Gasteiger partial charge < -0.3 is 19.9 Å². The highest BCUT2D eigenvalue weighted by molar-refractivity contribution is 5.74. The minimum atomic E-state index is -0.228. The summed E-state index contributed by atoms with van der Waals surface area (Å²) >= 11 is 0. The number of carbonyl (C=O) groups excluding carboxylic acids is 1. The molecule has 0 fully saturated rings. The molecule has 0 unspecified atom stereocenters. The van der Waals surface area contributed by atoms with Gasteiger partial charge in [0.25, 0.3) is 0 Å². The third kappa shape index (κ3) is 4.48. The number of hydrogen-bond acceptors (Lipinski definition) is 4. The second-order valence-corrected chi connectivity index (χ2v) is 4.66. The van der Waals surface area contributed by atoms with Crippen molar-refractivity contribution < 1.29 is 9.53 Å². The van der Waals surface area contributed by atoms with E-state index in [0.717, 1.165) is 5.56 Å². The number of nitrogens with zero attached hydrogens (tertiary/aromatic N) is 3. The molecule has 2 N–H and O–H groups in total. The molecule has 2 aromatic rings. The van der Waals surface area contributed by atoms with Crippen molar-refractivity contribution in [3.8, 4) is 5.88 Å². The maximum atomic E-state index is 11.8. The van der Waals surface area contributed by atoms with E-state index >= 15 is 0 Å². The summed E-state index contributed by atoms with van der Waals surface area (Å²) in [6, 6.07) is 3.43. The first-order valence-electron chi connectivity index (χ1n) is 6.67. The molecule has 2 rings (SSSR count). The van der Waals surface area contributed by atoms with Gasteiger partial charge in [0.1, 0.15) is 0 Å². The van der Waals surface area contributed by atoms with Gasteiger partial charge in [-0.15, -0.1) is 0 Å². The van der Waals surface area contributed by atoms with Crippen LogP contribution in [0.1, 0.15) is 12.5 Å². The first kappa shape index (κ1) is 14.8. The Labute approximate surface area is 123 Å². The topological polar surface area (TPSA) is 81.1 Å². The van der Waals surface area contributed by atoms with Gasteiger partial charge in [0.05, 0.1) is 13.4 Å². The quantitative estimate of drug-likeness (QED) is 0.836. The van der Waals surface area contributed by atoms with Crippen LogP contribution in [-0.2, 0) is 13.1 Å². The van der Waals surface area contributed by atoms with Gasteiger partial charge in [0.15, 0.2) is 0 Å². The van der Waals surface area contributed by atoms with E-state index in [-0.39, 0.29) is 12.1 Å². The van der Waals surface area contributed by atoms with E-state index in [1.165, 1.54) is 0 Å². The van der Waals surface area contributed by atoms with Crippen LogP contribution >= 0.6 is 0 Å². The summed E-state index contributed by atoms with van der Waals surface area (Å²) in [6.07, 6.45) is 6.93. The minimum Gasteiger partial charge on any atom is -0.481 e. The van der Waals surface area contributed by atoms with Crippen LogP contribution in [-0.4, -0.2) is 33.7 Å². The molecule has 0 radical (unpaired) electrons. The van der Waals surface area contributed by atoms with Gasteiger partial charge in [-0.25, -0.2) is 14.8 Å². The first-order valence-corrected chi connectivity index (χ1v) is 6.67. The molecule has 7 nitrogen and oxygen atoms in total. The number of imidazole rings is 1. The lowest BCUT2D eigenvalue weighted by atomic mass is 10.2. The molecule has 21 heavy (non-hydrogen) atoms. The van der Waals surface area contributed by atoms with Crippen LogP contribution in [0.4, 0.5) is 4.79 Å². The monoisotopic (exact) mass is 289 g/mol. The molecule has 0 spiro atoms. The van der Waals surface area contributed by atoms with Gasteiger partial charge in [-0.05, 0) is 13.0 Å². The summed E-state index contributed by atoms with van der Waals surface area (Å²) in [4.78, 5) is 19.9. The van der Waals surface area contributed by atoms with Crippen LogP contribution in [0.3, 0.4) is 0 Å². The van der Waals surface area contributed by atoms with E-state index < -0.39 is 0 Å². The molecule has 2 heterocycles. The number of urea groups is 1. The highest BCUT2D eigenvalue weighted by atomic mass is 16.5. The Hall–Kier alpha value is -2.57. The van der Waals surface area contributed by atoms with Crippen molar-refractivity contribution >= 4 is 6.03 Å². The van der Waals surface area contributed by atoms with Crippen LogP contribution in [0, 0.1) is 0 Å². The summed E-state index contributed by atoms with van der Waals surface area (Å²) in [6.45, 7) is 2.97. The molecule has 7 heteroatoms. The molecule has 0 saturated heterocycles. The fourth-order valence-electron chi connectivity index (χ4n) is 1.95. The fourth-order valence-corrected chi connectivity index (χ4v) is 1.95. The van der Waals surface area contributed by atoms with E-state index in [9.17, 15) is 4.79 Å². The molecule has 112 valence electrons. The molecule has 0 aromatic carbocycles. The van der Waals surface area contributed by atoms with Crippen molar-refractivity contribution in [1.82, 2.24) is 25.2 Å². The minimum absolute atomic E-state index is 0.00464. The van der Waals surface area contributed by atoms with Crippen LogP contribution in [0.15, 0.2) is 37.1 Å².